The van der Waals surface area contributed by atoms with Crippen molar-refractivity contribution in [3.8, 4) is 0 Å². The Hall–Kier alpha value is -0.0800. The van der Waals surface area contributed by atoms with Crippen LogP contribution in [0.1, 0.15) is 65.2 Å². The minimum absolute atomic E-state index is 0.304. The minimum Gasteiger partial charge on any atom is -0.393 e. The molecule has 0 aliphatic heterocycles. The monoisotopic (exact) mass is 202 g/mol. The van der Waals surface area contributed by atoms with Gasteiger partial charge in [0.05, 0.1) is 12.2 Å². The predicted molar refractivity (Wildman–Crippen MR) is 60.3 cm³/mol. The van der Waals surface area contributed by atoms with Crippen LogP contribution in [0.15, 0.2) is 0 Å². The van der Waals surface area contributed by atoms with E-state index in [1.165, 1.54) is 32.1 Å². The molecular weight excluding hydrogens is 176 g/mol. The first-order valence-corrected chi connectivity index (χ1v) is 6.03. The van der Waals surface area contributed by atoms with Crippen molar-refractivity contribution >= 4 is 0 Å². The summed E-state index contributed by atoms with van der Waals surface area (Å²) in [5.41, 5.74) is 0. The summed E-state index contributed by atoms with van der Waals surface area (Å²) in [5.74, 6) is 0. The summed E-state index contributed by atoms with van der Waals surface area (Å²) in [6, 6.07) is 0. The SMILES string of the molecule is CCCCCCCCC(O)CC(C)O. The van der Waals surface area contributed by atoms with E-state index in [4.69, 9.17) is 5.11 Å². The fourth-order valence-electron chi connectivity index (χ4n) is 1.67. The Balaban J connectivity index is 3.10. The highest BCUT2D eigenvalue weighted by atomic mass is 16.3. The van der Waals surface area contributed by atoms with Crippen molar-refractivity contribution in [1.29, 1.82) is 0 Å². The number of rotatable bonds is 9. The second kappa shape index (κ2) is 9.47. The molecule has 0 radical (unpaired) electrons. The first-order chi connectivity index (χ1) is 6.66. The standard InChI is InChI=1S/C12H26O2/c1-3-4-5-6-7-8-9-12(14)10-11(2)13/h11-14H,3-10H2,1-2H3. The molecule has 0 aromatic carbocycles. The van der Waals surface area contributed by atoms with E-state index in [9.17, 15) is 5.11 Å². The van der Waals surface area contributed by atoms with Gasteiger partial charge in [0, 0.05) is 0 Å². The second-order valence-electron chi connectivity index (χ2n) is 4.29. The van der Waals surface area contributed by atoms with Gasteiger partial charge in [-0.1, -0.05) is 45.4 Å². The molecule has 86 valence electrons. The van der Waals surface area contributed by atoms with E-state index in [-0.39, 0.29) is 12.2 Å². The first-order valence-electron chi connectivity index (χ1n) is 6.03. The lowest BCUT2D eigenvalue weighted by Gasteiger charge is -2.11. The zero-order valence-electron chi connectivity index (χ0n) is 9.71. The van der Waals surface area contributed by atoms with Crippen LogP contribution in [0.5, 0.6) is 0 Å². The normalized spacial score (nSPS) is 15.4. The van der Waals surface area contributed by atoms with Gasteiger partial charge in [-0.25, -0.2) is 0 Å². The summed E-state index contributed by atoms with van der Waals surface area (Å²) in [4.78, 5) is 0. The van der Waals surface area contributed by atoms with Crippen molar-refractivity contribution in [1.82, 2.24) is 0 Å². The summed E-state index contributed by atoms with van der Waals surface area (Å²) in [6.07, 6.45) is 8.23. The number of hydrogen-bond acceptors (Lipinski definition) is 2. The molecule has 2 nitrogen and oxygen atoms in total. The Bertz CT molecular complexity index is 113. The third-order valence-electron chi connectivity index (χ3n) is 2.50. The molecule has 0 aromatic rings. The van der Waals surface area contributed by atoms with E-state index >= 15 is 0 Å². The third kappa shape index (κ3) is 10.0. The average molecular weight is 202 g/mol. The molecule has 0 aliphatic carbocycles. The van der Waals surface area contributed by atoms with Crippen molar-refractivity contribution in [2.45, 2.75) is 77.4 Å². The van der Waals surface area contributed by atoms with Crippen molar-refractivity contribution < 1.29 is 10.2 Å². The molecule has 2 unspecified atom stereocenters. The van der Waals surface area contributed by atoms with Crippen LogP contribution in [-0.2, 0) is 0 Å². The van der Waals surface area contributed by atoms with Crippen LogP contribution in [0, 0.1) is 0 Å². The van der Waals surface area contributed by atoms with E-state index < -0.39 is 0 Å². The molecule has 0 aromatic heterocycles. The lowest BCUT2D eigenvalue weighted by atomic mass is 10.0. The molecule has 14 heavy (non-hydrogen) atoms. The maximum absolute atomic E-state index is 9.46. The van der Waals surface area contributed by atoms with Crippen LogP contribution in [-0.4, -0.2) is 22.4 Å². The summed E-state index contributed by atoms with van der Waals surface area (Å²) >= 11 is 0. The van der Waals surface area contributed by atoms with Gasteiger partial charge < -0.3 is 10.2 Å². The molecule has 0 aliphatic rings. The molecule has 0 saturated heterocycles. The Morgan fingerprint density at radius 1 is 0.929 bits per heavy atom. The van der Waals surface area contributed by atoms with Crippen LogP contribution < -0.4 is 0 Å². The second-order valence-corrected chi connectivity index (χ2v) is 4.29. The Morgan fingerprint density at radius 3 is 2.07 bits per heavy atom. The molecule has 0 spiro atoms. The number of aliphatic hydroxyl groups is 2. The van der Waals surface area contributed by atoms with Gasteiger partial charge in [0.25, 0.3) is 0 Å². The molecular formula is C12H26O2. The molecule has 0 rings (SSSR count). The fourth-order valence-corrected chi connectivity index (χ4v) is 1.67. The van der Waals surface area contributed by atoms with Crippen molar-refractivity contribution in [3.05, 3.63) is 0 Å². The first kappa shape index (κ1) is 13.9. The average Bonchev–Trinajstić information content (AvgIpc) is 2.10. The van der Waals surface area contributed by atoms with E-state index in [2.05, 4.69) is 6.92 Å². The molecule has 2 N–H and O–H groups in total. The summed E-state index contributed by atoms with van der Waals surface area (Å²) in [6.45, 7) is 3.94. The van der Waals surface area contributed by atoms with Gasteiger partial charge in [-0.05, 0) is 19.8 Å². The van der Waals surface area contributed by atoms with Gasteiger partial charge in [0.1, 0.15) is 0 Å². The molecule has 0 saturated carbocycles. The topological polar surface area (TPSA) is 40.5 Å². The van der Waals surface area contributed by atoms with Gasteiger partial charge >= 0.3 is 0 Å². The Kier molecular flexibility index (Phi) is 9.42. The zero-order chi connectivity index (χ0) is 10.8. The lowest BCUT2D eigenvalue weighted by Crippen LogP contribution is -2.14. The van der Waals surface area contributed by atoms with Crippen LogP contribution in [0.4, 0.5) is 0 Å². The highest BCUT2D eigenvalue weighted by Gasteiger charge is 2.06. The predicted octanol–water partition coefficient (Wildman–Crippen LogP) is 2.87. The zero-order valence-corrected chi connectivity index (χ0v) is 9.71. The molecule has 2 heteroatoms. The van der Waals surface area contributed by atoms with E-state index in [0.717, 1.165) is 12.8 Å². The van der Waals surface area contributed by atoms with Crippen molar-refractivity contribution in [2.24, 2.45) is 0 Å². The molecule has 0 amide bonds. The van der Waals surface area contributed by atoms with E-state index in [1.807, 2.05) is 0 Å². The van der Waals surface area contributed by atoms with Gasteiger partial charge in [-0.2, -0.15) is 0 Å². The number of hydrogen-bond donors (Lipinski definition) is 2. The molecule has 2 atom stereocenters. The van der Waals surface area contributed by atoms with Gasteiger partial charge in [0.15, 0.2) is 0 Å². The van der Waals surface area contributed by atoms with Crippen LogP contribution >= 0.6 is 0 Å². The highest BCUT2D eigenvalue weighted by Crippen LogP contribution is 2.11. The Labute approximate surface area is 88.3 Å². The number of aliphatic hydroxyl groups excluding tert-OH is 2. The lowest BCUT2D eigenvalue weighted by molar-refractivity contribution is 0.0834. The van der Waals surface area contributed by atoms with Crippen LogP contribution in [0.3, 0.4) is 0 Å². The maximum atomic E-state index is 9.46. The van der Waals surface area contributed by atoms with Crippen LogP contribution in [0.2, 0.25) is 0 Å². The summed E-state index contributed by atoms with van der Waals surface area (Å²) in [5, 5.41) is 18.5. The quantitative estimate of drug-likeness (QED) is 0.564. The van der Waals surface area contributed by atoms with Gasteiger partial charge in [-0.15, -0.1) is 0 Å². The summed E-state index contributed by atoms with van der Waals surface area (Å²) in [7, 11) is 0. The van der Waals surface area contributed by atoms with Crippen molar-refractivity contribution in [2.75, 3.05) is 0 Å². The Morgan fingerprint density at radius 2 is 1.50 bits per heavy atom. The van der Waals surface area contributed by atoms with E-state index in [1.54, 1.807) is 6.92 Å². The molecule has 0 bridgehead atoms. The largest absolute Gasteiger partial charge is 0.393 e. The molecule has 0 heterocycles. The smallest absolute Gasteiger partial charge is 0.0564 e. The number of unbranched alkanes of at least 4 members (excludes halogenated alkanes) is 5. The maximum Gasteiger partial charge on any atom is 0.0564 e. The fraction of sp³-hybridized carbons (Fsp3) is 1.00. The highest BCUT2D eigenvalue weighted by molar-refractivity contribution is 4.59. The molecule has 0 fully saturated rings. The van der Waals surface area contributed by atoms with Crippen molar-refractivity contribution in [3.63, 3.8) is 0 Å². The minimum atomic E-state index is -0.370. The summed E-state index contributed by atoms with van der Waals surface area (Å²) < 4.78 is 0. The van der Waals surface area contributed by atoms with Crippen LogP contribution in [0.25, 0.3) is 0 Å². The van der Waals surface area contributed by atoms with Gasteiger partial charge in [-0.3, -0.25) is 0 Å². The third-order valence-corrected chi connectivity index (χ3v) is 2.50. The van der Waals surface area contributed by atoms with Gasteiger partial charge in [0.2, 0.25) is 0 Å². The van der Waals surface area contributed by atoms with E-state index in [0.29, 0.717) is 6.42 Å².